The van der Waals surface area contributed by atoms with Gasteiger partial charge in [-0.1, -0.05) is 0 Å². The second kappa shape index (κ2) is 7.26. The molecule has 0 aliphatic heterocycles. The Hall–Kier alpha value is -1.05. The van der Waals surface area contributed by atoms with Gasteiger partial charge in [0.15, 0.2) is 0 Å². The summed E-state index contributed by atoms with van der Waals surface area (Å²) < 4.78 is 0. The molecule has 0 bridgehead atoms. The molecule has 4 nitrogen and oxygen atoms in total. The summed E-state index contributed by atoms with van der Waals surface area (Å²) in [7, 11) is 3.96. The highest BCUT2D eigenvalue weighted by molar-refractivity contribution is 5.82. The SMILES string of the molecule is C#CCC(N)C(=O)N(CC)C(C)CN(C)C. The van der Waals surface area contributed by atoms with Crippen molar-refractivity contribution in [2.75, 3.05) is 27.2 Å². The molecule has 0 heterocycles. The van der Waals surface area contributed by atoms with Crippen LogP contribution in [0, 0.1) is 12.3 Å². The minimum Gasteiger partial charge on any atom is -0.338 e. The van der Waals surface area contributed by atoms with E-state index in [4.69, 9.17) is 12.2 Å². The van der Waals surface area contributed by atoms with Crippen molar-refractivity contribution in [2.45, 2.75) is 32.4 Å². The van der Waals surface area contributed by atoms with E-state index in [-0.39, 0.29) is 11.9 Å². The van der Waals surface area contributed by atoms with Crippen LogP contribution in [0.15, 0.2) is 0 Å². The van der Waals surface area contributed by atoms with E-state index in [9.17, 15) is 4.79 Å². The molecular weight excluding hydrogens is 202 g/mol. The number of likely N-dealkylation sites (N-methyl/N-ethyl adjacent to an activating group) is 2. The van der Waals surface area contributed by atoms with Crippen LogP contribution in [0.1, 0.15) is 20.3 Å². The topological polar surface area (TPSA) is 49.6 Å². The van der Waals surface area contributed by atoms with Crippen molar-refractivity contribution in [3.05, 3.63) is 0 Å². The van der Waals surface area contributed by atoms with Crippen LogP contribution in [0.4, 0.5) is 0 Å². The van der Waals surface area contributed by atoms with Crippen molar-refractivity contribution in [2.24, 2.45) is 5.73 Å². The Balaban J connectivity index is 4.48. The average Bonchev–Trinajstić information content (AvgIpc) is 2.17. The van der Waals surface area contributed by atoms with Crippen LogP contribution in [-0.4, -0.2) is 55.0 Å². The van der Waals surface area contributed by atoms with E-state index in [1.165, 1.54) is 0 Å². The van der Waals surface area contributed by atoms with Gasteiger partial charge in [-0.3, -0.25) is 4.79 Å². The average molecular weight is 225 g/mol. The summed E-state index contributed by atoms with van der Waals surface area (Å²) in [6.45, 7) is 5.45. The number of carbonyl (C=O) groups is 1. The van der Waals surface area contributed by atoms with Crippen LogP contribution in [0.2, 0.25) is 0 Å². The lowest BCUT2D eigenvalue weighted by molar-refractivity contribution is -0.134. The summed E-state index contributed by atoms with van der Waals surface area (Å²) in [4.78, 5) is 15.8. The molecule has 0 aromatic heterocycles. The van der Waals surface area contributed by atoms with Crippen LogP contribution >= 0.6 is 0 Å². The molecule has 0 aliphatic carbocycles. The number of nitrogens with zero attached hydrogens (tertiary/aromatic N) is 2. The zero-order valence-electron chi connectivity index (χ0n) is 10.7. The lowest BCUT2D eigenvalue weighted by atomic mass is 10.1. The molecular formula is C12H23N3O. The van der Waals surface area contributed by atoms with Gasteiger partial charge in [-0.15, -0.1) is 12.3 Å². The van der Waals surface area contributed by atoms with Crippen LogP contribution in [-0.2, 0) is 4.79 Å². The van der Waals surface area contributed by atoms with Gasteiger partial charge in [0.1, 0.15) is 0 Å². The molecule has 1 amide bonds. The van der Waals surface area contributed by atoms with Crippen molar-refractivity contribution < 1.29 is 4.79 Å². The van der Waals surface area contributed by atoms with Gasteiger partial charge in [0.05, 0.1) is 6.04 Å². The Morgan fingerprint density at radius 2 is 2.06 bits per heavy atom. The molecule has 0 spiro atoms. The lowest BCUT2D eigenvalue weighted by Gasteiger charge is -2.31. The first-order chi connectivity index (χ1) is 7.43. The van der Waals surface area contributed by atoms with E-state index in [2.05, 4.69) is 5.92 Å². The maximum Gasteiger partial charge on any atom is 0.240 e. The first-order valence-electron chi connectivity index (χ1n) is 5.58. The molecule has 2 unspecified atom stereocenters. The summed E-state index contributed by atoms with van der Waals surface area (Å²) in [5.41, 5.74) is 5.73. The van der Waals surface area contributed by atoms with E-state index in [0.717, 1.165) is 6.54 Å². The fraction of sp³-hybridized carbons (Fsp3) is 0.750. The fourth-order valence-electron chi connectivity index (χ4n) is 1.74. The van der Waals surface area contributed by atoms with Gasteiger partial charge in [0, 0.05) is 25.6 Å². The smallest absolute Gasteiger partial charge is 0.240 e. The number of amides is 1. The van der Waals surface area contributed by atoms with Crippen molar-refractivity contribution in [1.82, 2.24) is 9.80 Å². The highest BCUT2D eigenvalue weighted by Crippen LogP contribution is 2.04. The quantitative estimate of drug-likeness (QED) is 0.654. The summed E-state index contributed by atoms with van der Waals surface area (Å²) in [6, 6.07) is -0.425. The standard InChI is InChI=1S/C12H23N3O/c1-6-8-11(13)12(16)15(7-2)10(3)9-14(4)5/h1,10-11H,7-9,13H2,2-5H3. The lowest BCUT2D eigenvalue weighted by Crippen LogP contribution is -2.50. The van der Waals surface area contributed by atoms with Gasteiger partial charge < -0.3 is 15.5 Å². The molecule has 0 saturated carbocycles. The third kappa shape index (κ3) is 4.65. The van der Waals surface area contributed by atoms with Gasteiger partial charge in [-0.25, -0.2) is 0 Å². The van der Waals surface area contributed by atoms with E-state index >= 15 is 0 Å². The van der Waals surface area contributed by atoms with Gasteiger partial charge in [0.2, 0.25) is 5.91 Å². The Morgan fingerprint density at radius 3 is 2.44 bits per heavy atom. The summed E-state index contributed by atoms with van der Waals surface area (Å²) >= 11 is 0. The molecule has 0 rings (SSSR count). The van der Waals surface area contributed by atoms with Crippen LogP contribution in [0.5, 0.6) is 0 Å². The van der Waals surface area contributed by atoms with Gasteiger partial charge in [0.25, 0.3) is 0 Å². The highest BCUT2D eigenvalue weighted by atomic mass is 16.2. The summed E-state index contributed by atoms with van der Waals surface area (Å²) in [5.74, 6) is 2.36. The first kappa shape index (κ1) is 14.9. The van der Waals surface area contributed by atoms with Crippen LogP contribution in [0.3, 0.4) is 0 Å². The monoisotopic (exact) mass is 225 g/mol. The molecule has 2 N–H and O–H groups in total. The van der Waals surface area contributed by atoms with Gasteiger partial charge in [-0.05, 0) is 27.9 Å². The molecule has 2 atom stereocenters. The van der Waals surface area contributed by atoms with Gasteiger partial charge >= 0.3 is 0 Å². The minimum absolute atomic E-state index is 0.0604. The molecule has 0 aromatic carbocycles. The third-order valence-electron chi connectivity index (χ3n) is 2.44. The molecule has 0 aromatic rings. The summed E-state index contributed by atoms with van der Waals surface area (Å²) in [6.07, 6.45) is 5.45. The zero-order chi connectivity index (χ0) is 12.7. The second-order valence-corrected chi connectivity index (χ2v) is 4.25. The summed E-state index contributed by atoms with van der Waals surface area (Å²) in [5, 5.41) is 0. The van der Waals surface area contributed by atoms with E-state index in [1.54, 1.807) is 4.90 Å². The van der Waals surface area contributed by atoms with Crippen molar-refractivity contribution in [1.29, 1.82) is 0 Å². The Kier molecular flexibility index (Phi) is 6.78. The van der Waals surface area contributed by atoms with Crippen LogP contribution in [0.25, 0.3) is 0 Å². The van der Waals surface area contributed by atoms with E-state index in [1.807, 2.05) is 32.8 Å². The predicted octanol–water partition coefficient (Wildman–Crippen LogP) is 0.136. The van der Waals surface area contributed by atoms with Gasteiger partial charge in [-0.2, -0.15) is 0 Å². The molecule has 4 heteroatoms. The highest BCUT2D eigenvalue weighted by Gasteiger charge is 2.23. The molecule has 0 aliphatic rings. The third-order valence-corrected chi connectivity index (χ3v) is 2.44. The number of hydrogen-bond donors (Lipinski definition) is 1. The number of terminal acetylenes is 1. The Bertz CT molecular complexity index is 257. The minimum atomic E-state index is -0.574. The maximum atomic E-state index is 12.0. The van der Waals surface area contributed by atoms with Crippen LogP contribution < -0.4 is 5.73 Å². The number of rotatable bonds is 6. The maximum absolute atomic E-state index is 12.0. The normalized spacial score (nSPS) is 14.3. The van der Waals surface area contributed by atoms with Crippen molar-refractivity contribution >= 4 is 5.91 Å². The Morgan fingerprint density at radius 1 is 1.50 bits per heavy atom. The van der Waals surface area contributed by atoms with E-state index < -0.39 is 6.04 Å². The fourth-order valence-corrected chi connectivity index (χ4v) is 1.74. The number of hydrogen-bond acceptors (Lipinski definition) is 3. The molecule has 92 valence electrons. The molecule has 16 heavy (non-hydrogen) atoms. The number of carbonyl (C=O) groups excluding carboxylic acids is 1. The van der Waals surface area contributed by atoms with E-state index in [0.29, 0.717) is 13.0 Å². The molecule has 0 fully saturated rings. The zero-order valence-corrected chi connectivity index (χ0v) is 10.7. The molecule has 0 radical (unpaired) electrons. The Labute approximate surface area is 98.8 Å². The first-order valence-corrected chi connectivity index (χ1v) is 5.58. The second-order valence-electron chi connectivity index (χ2n) is 4.25. The van der Waals surface area contributed by atoms with Crippen molar-refractivity contribution in [3.8, 4) is 12.3 Å². The predicted molar refractivity (Wildman–Crippen MR) is 66.8 cm³/mol. The van der Waals surface area contributed by atoms with Crippen molar-refractivity contribution in [3.63, 3.8) is 0 Å². The largest absolute Gasteiger partial charge is 0.338 e. The number of nitrogens with two attached hydrogens (primary N) is 1. The molecule has 0 saturated heterocycles.